The van der Waals surface area contributed by atoms with Gasteiger partial charge in [-0.2, -0.15) is 0 Å². The molecule has 0 spiro atoms. The summed E-state index contributed by atoms with van der Waals surface area (Å²) in [6.45, 7) is 2.68. The molecule has 3 heterocycles. The van der Waals surface area contributed by atoms with Gasteiger partial charge in [-0.05, 0) is 43.9 Å². The largest absolute Gasteiger partial charge is 0.462 e. The van der Waals surface area contributed by atoms with Crippen LogP contribution in [0.15, 0.2) is 59.4 Å². The molecule has 3 aromatic rings. The molecule has 7 heteroatoms. The smallest absolute Gasteiger partial charge is 0.261 e. The van der Waals surface area contributed by atoms with Crippen molar-refractivity contribution in [2.24, 2.45) is 0 Å². The van der Waals surface area contributed by atoms with Gasteiger partial charge in [0.05, 0.1) is 0 Å². The molecule has 1 fully saturated rings. The van der Waals surface area contributed by atoms with E-state index in [9.17, 15) is 4.79 Å². The minimum Gasteiger partial charge on any atom is -0.462 e. The minimum atomic E-state index is -0.554. The summed E-state index contributed by atoms with van der Waals surface area (Å²) in [5.41, 5.74) is 2.98. The fourth-order valence-electron chi connectivity index (χ4n) is 3.60. The molecule has 0 bridgehead atoms. The predicted octanol–water partition coefficient (Wildman–Crippen LogP) is 4.15. The van der Waals surface area contributed by atoms with Gasteiger partial charge in [-0.1, -0.05) is 35.0 Å². The van der Waals surface area contributed by atoms with Crippen LogP contribution in [0.3, 0.4) is 0 Å². The Labute approximate surface area is 175 Å². The summed E-state index contributed by atoms with van der Waals surface area (Å²) in [5.74, 6) is 0.0628. The van der Waals surface area contributed by atoms with E-state index in [1.807, 2.05) is 31.2 Å². The first-order chi connectivity index (χ1) is 14.6. The lowest BCUT2D eigenvalue weighted by Gasteiger charge is -2.31. The molecule has 0 saturated carbocycles. The molecule has 2 unspecified atom stereocenters. The monoisotopic (exact) mass is 407 g/mol. The number of aryl methyl sites for hydroxylation is 1. The Hall–Kier alpha value is -3.19. The number of amides is 1. The number of aromatic nitrogens is 2. The zero-order chi connectivity index (χ0) is 20.9. The summed E-state index contributed by atoms with van der Waals surface area (Å²) >= 11 is 0. The standard InChI is InChI=1S/C23H25N3O4/c1-16-7-5-8-17(15-16)21(19-11-14-29-25-19)30-22-18(9-6-12-24-22)23(27)26(2)20-10-3-4-13-28-20/h5-9,11-12,14-15,20-21H,3-4,10,13H2,1-2H3. The van der Waals surface area contributed by atoms with Gasteiger partial charge in [-0.3, -0.25) is 4.79 Å². The first-order valence-electron chi connectivity index (χ1n) is 10.1. The van der Waals surface area contributed by atoms with E-state index in [0.717, 1.165) is 30.4 Å². The number of hydrogen-bond acceptors (Lipinski definition) is 6. The number of ether oxygens (including phenoxy) is 2. The topological polar surface area (TPSA) is 77.7 Å². The van der Waals surface area contributed by atoms with Crippen molar-refractivity contribution in [2.45, 2.75) is 38.5 Å². The van der Waals surface area contributed by atoms with Crippen LogP contribution in [0.4, 0.5) is 0 Å². The van der Waals surface area contributed by atoms with Gasteiger partial charge in [-0.25, -0.2) is 4.98 Å². The Bertz CT molecular complexity index is 984. The van der Waals surface area contributed by atoms with E-state index in [2.05, 4.69) is 10.1 Å². The maximum atomic E-state index is 13.2. The molecular weight excluding hydrogens is 382 g/mol. The van der Waals surface area contributed by atoms with Crippen molar-refractivity contribution in [2.75, 3.05) is 13.7 Å². The number of hydrogen-bond donors (Lipinski definition) is 0. The number of benzene rings is 1. The molecule has 2 aromatic heterocycles. The van der Waals surface area contributed by atoms with Crippen LogP contribution in [-0.4, -0.2) is 40.8 Å². The lowest BCUT2D eigenvalue weighted by Crippen LogP contribution is -2.41. The van der Waals surface area contributed by atoms with Gasteiger partial charge in [0.2, 0.25) is 5.88 Å². The molecule has 1 saturated heterocycles. The summed E-state index contributed by atoms with van der Waals surface area (Å²) in [6.07, 6.45) is 5.21. The highest BCUT2D eigenvalue weighted by molar-refractivity contribution is 5.96. The summed E-state index contributed by atoms with van der Waals surface area (Å²) in [6, 6.07) is 13.1. The van der Waals surface area contributed by atoms with Gasteiger partial charge >= 0.3 is 0 Å². The van der Waals surface area contributed by atoms with Crippen LogP contribution in [0.25, 0.3) is 0 Å². The van der Waals surface area contributed by atoms with Crippen molar-refractivity contribution < 1.29 is 18.8 Å². The first kappa shape index (κ1) is 20.1. The maximum Gasteiger partial charge on any atom is 0.261 e. The maximum absolute atomic E-state index is 13.2. The molecule has 1 aromatic carbocycles. The number of rotatable bonds is 6. The van der Waals surface area contributed by atoms with Gasteiger partial charge in [0.1, 0.15) is 23.7 Å². The van der Waals surface area contributed by atoms with Crippen molar-refractivity contribution in [3.05, 3.63) is 77.3 Å². The van der Waals surface area contributed by atoms with Crippen LogP contribution in [0.2, 0.25) is 0 Å². The zero-order valence-electron chi connectivity index (χ0n) is 17.2. The molecule has 4 rings (SSSR count). The molecule has 0 aliphatic carbocycles. The molecule has 2 atom stereocenters. The predicted molar refractivity (Wildman–Crippen MR) is 110 cm³/mol. The molecule has 1 aliphatic rings. The Morgan fingerprint density at radius 2 is 2.13 bits per heavy atom. The molecule has 1 amide bonds. The quantitative estimate of drug-likeness (QED) is 0.611. The van der Waals surface area contributed by atoms with Crippen molar-refractivity contribution in [1.82, 2.24) is 15.0 Å². The Balaban J connectivity index is 1.64. The van der Waals surface area contributed by atoms with E-state index in [4.69, 9.17) is 14.0 Å². The summed E-state index contributed by atoms with van der Waals surface area (Å²) in [4.78, 5) is 19.2. The van der Waals surface area contributed by atoms with E-state index in [-0.39, 0.29) is 18.0 Å². The van der Waals surface area contributed by atoms with E-state index in [1.54, 1.807) is 36.3 Å². The third-order valence-corrected chi connectivity index (χ3v) is 5.21. The molecule has 1 aliphatic heterocycles. The van der Waals surface area contributed by atoms with E-state index in [0.29, 0.717) is 17.9 Å². The van der Waals surface area contributed by atoms with Crippen molar-refractivity contribution in [3.8, 4) is 5.88 Å². The van der Waals surface area contributed by atoms with Crippen LogP contribution in [0.5, 0.6) is 5.88 Å². The molecule has 0 N–H and O–H groups in total. The van der Waals surface area contributed by atoms with Crippen LogP contribution >= 0.6 is 0 Å². The highest BCUT2D eigenvalue weighted by Crippen LogP contribution is 2.30. The second-order valence-corrected chi connectivity index (χ2v) is 7.43. The van der Waals surface area contributed by atoms with Gasteiger partial charge in [0.25, 0.3) is 5.91 Å². The van der Waals surface area contributed by atoms with Gasteiger partial charge < -0.3 is 18.9 Å². The van der Waals surface area contributed by atoms with Crippen LogP contribution in [0.1, 0.15) is 52.5 Å². The van der Waals surface area contributed by atoms with Gasteiger partial charge in [0, 0.05) is 25.9 Å². The average Bonchev–Trinajstić information content (AvgIpc) is 3.32. The normalized spacial score (nSPS) is 17.3. The summed E-state index contributed by atoms with van der Waals surface area (Å²) < 4.78 is 17.1. The highest BCUT2D eigenvalue weighted by atomic mass is 16.5. The van der Waals surface area contributed by atoms with E-state index >= 15 is 0 Å². The fourth-order valence-corrected chi connectivity index (χ4v) is 3.60. The van der Waals surface area contributed by atoms with Crippen LogP contribution < -0.4 is 4.74 Å². The van der Waals surface area contributed by atoms with E-state index < -0.39 is 6.10 Å². The molecule has 30 heavy (non-hydrogen) atoms. The number of nitrogens with zero attached hydrogens (tertiary/aromatic N) is 3. The van der Waals surface area contributed by atoms with Crippen LogP contribution in [-0.2, 0) is 4.74 Å². The highest BCUT2D eigenvalue weighted by Gasteiger charge is 2.28. The molecule has 0 radical (unpaired) electrons. The van der Waals surface area contributed by atoms with Crippen LogP contribution in [0, 0.1) is 6.92 Å². The summed E-state index contributed by atoms with van der Waals surface area (Å²) in [5, 5.41) is 4.06. The average molecular weight is 407 g/mol. The SMILES string of the molecule is Cc1cccc(C(Oc2ncccc2C(=O)N(C)C2CCCCO2)c2ccon2)c1. The molecule has 156 valence electrons. The number of carbonyl (C=O) groups is 1. The van der Waals surface area contributed by atoms with Crippen molar-refractivity contribution in [3.63, 3.8) is 0 Å². The number of pyridine rings is 1. The van der Waals surface area contributed by atoms with Crippen molar-refractivity contribution >= 4 is 5.91 Å². The zero-order valence-corrected chi connectivity index (χ0v) is 17.2. The first-order valence-corrected chi connectivity index (χ1v) is 10.1. The second kappa shape index (κ2) is 9.09. The lowest BCUT2D eigenvalue weighted by molar-refractivity contribution is -0.0615. The third kappa shape index (κ3) is 4.36. The van der Waals surface area contributed by atoms with Crippen molar-refractivity contribution in [1.29, 1.82) is 0 Å². The number of carbonyl (C=O) groups excluding carboxylic acids is 1. The minimum absolute atomic E-state index is 0.187. The van der Waals surface area contributed by atoms with Gasteiger partial charge in [0.15, 0.2) is 6.10 Å². The summed E-state index contributed by atoms with van der Waals surface area (Å²) in [7, 11) is 1.75. The molecular formula is C23H25N3O4. The lowest BCUT2D eigenvalue weighted by atomic mass is 10.0. The third-order valence-electron chi connectivity index (χ3n) is 5.21. The Morgan fingerprint density at radius 1 is 1.23 bits per heavy atom. The fraction of sp³-hybridized carbons (Fsp3) is 0.348. The second-order valence-electron chi connectivity index (χ2n) is 7.43. The Kier molecular flexibility index (Phi) is 6.09. The molecule has 7 nitrogen and oxygen atoms in total. The van der Waals surface area contributed by atoms with Gasteiger partial charge in [-0.15, -0.1) is 0 Å². The van der Waals surface area contributed by atoms with E-state index in [1.165, 1.54) is 6.26 Å². The Morgan fingerprint density at radius 3 is 2.87 bits per heavy atom.